The molecular formula is C18H13NO4S. The number of ether oxygens (including phenoxy) is 1. The van der Waals surface area contributed by atoms with Gasteiger partial charge in [-0.3, -0.25) is 4.79 Å². The number of aromatic nitrogens is 1. The van der Waals surface area contributed by atoms with Crippen molar-refractivity contribution in [2.45, 2.75) is 9.92 Å². The van der Waals surface area contributed by atoms with E-state index in [0.717, 1.165) is 10.5 Å². The maximum absolute atomic E-state index is 11.6. The zero-order valence-electron chi connectivity index (χ0n) is 12.8. The van der Waals surface area contributed by atoms with Crippen LogP contribution in [0.4, 0.5) is 0 Å². The van der Waals surface area contributed by atoms with Crippen molar-refractivity contribution in [2.24, 2.45) is 0 Å². The molecule has 2 aromatic heterocycles. The summed E-state index contributed by atoms with van der Waals surface area (Å²) in [6.07, 6.45) is 2.25. The van der Waals surface area contributed by atoms with Crippen molar-refractivity contribution in [1.82, 2.24) is 4.98 Å². The first-order valence-electron chi connectivity index (χ1n) is 7.07. The van der Waals surface area contributed by atoms with Crippen LogP contribution in [0.3, 0.4) is 0 Å². The third kappa shape index (κ3) is 3.55. The number of benzene rings is 1. The minimum absolute atomic E-state index is 0.298. The highest BCUT2D eigenvalue weighted by Gasteiger charge is 2.08. The standard InChI is InChI=1S/C18H13NO4S/c1-22-18(21)13-8-9-19-17(10-13)24-15-5-2-12(3-6-15)16-7-4-14(11-20)23-16/h2-11H,1H3. The first kappa shape index (κ1) is 16.0. The van der Waals surface area contributed by atoms with Gasteiger partial charge in [0.2, 0.25) is 0 Å². The van der Waals surface area contributed by atoms with Crippen molar-refractivity contribution in [3.63, 3.8) is 0 Å². The van der Waals surface area contributed by atoms with E-state index in [1.54, 1.807) is 30.5 Å². The maximum atomic E-state index is 11.6. The number of hydrogen-bond acceptors (Lipinski definition) is 6. The Hall–Kier alpha value is -2.86. The van der Waals surface area contributed by atoms with Gasteiger partial charge in [-0.2, -0.15) is 0 Å². The van der Waals surface area contributed by atoms with Crippen LogP contribution in [0.2, 0.25) is 0 Å². The number of hydrogen-bond donors (Lipinski definition) is 0. The molecule has 0 fully saturated rings. The van der Waals surface area contributed by atoms with Gasteiger partial charge in [-0.15, -0.1) is 0 Å². The van der Waals surface area contributed by atoms with Gasteiger partial charge in [0.25, 0.3) is 0 Å². The fourth-order valence-corrected chi connectivity index (χ4v) is 2.90. The normalized spacial score (nSPS) is 10.4. The van der Waals surface area contributed by atoms with Crippen molar-refractivity contribution < 1.29 is 18.7 Å². The van der Waals surface area contributed by atoms with Crippen LogP contribution in [0.5, 0.6) is 0 Å². The predicted molar refractivity (Wildman–Crippen MR) is 89.2 cm³/mol. The summed E-state index contributed by atoms with van der Waals surface area (Å²) >= 11 is 1.44. The van der Waals surface area contributed by atoms with Crippen LogP contribution < -0.4 is 0 Å². The summed E-state index contributed by atoms with van der Waals surface area (Å²) < 4.78 is 10.1. The van der Waals surface area contributed by atoms with E-state index >= 15 is 0 Å². The van der Waals surface area contributed by atoms with Crippen molar-refractivity contribution >= 4 is 24.0 Å². The number of methoxy groups -OCH3 is 1. The number of carbonyl (C=O) groups excluding carboxylic acids is 2. The Labute approximate surface area is 142 Å². The lowest BCUT2D eigenvalue weighted by molar-refractivity contribution is 0.0600. The molecule has 3 aromatic rings. The Morgan fingerprint density at radius 3 is 2.62 bits per heavy atom. The minimum Gasteiger partial charge on any atom is -0.465 e. The van der Waals surface area contributed by atoms with Gasteiger partial charge in [0.1, 0.15) is 10.8 Å². The molecule has 0 atom stereocenters. The first-order valence-corrected chi connectivity index (χ1v) is 7.89. The van der Waals surface area contributed by atoms with Crippen molar-refractivity contribution in [3.05, 3.63) is 66.1 Å². The summed E-state index contributed by atoms with van der Waals surface area (Å²) in [6, 6.07) is 14.3. The van der Waals surface area contributed by atoms with Crippen molar-refractivity contribution in [1.29, 1.82) is 0 Å². The number of pyridine rings is 1. The summed E-state index contributed by atoms with van der Waals surface area (Å²) in [5.74, 6) is 0.546. The van der Waals surface area contributed by atoms with Gasteiger partial charge in [-0.05, 0) is 36.4 Å². The Balaban J connectivity index is 1.77. The highest BCUT2D eigenvalue weighted by atomic mass is 32.2. The van der Waals surface area contributed by atoms with Crippen LogP contribution in [0.25, 0.3) is 11.3 Å². The highest BCUT2D eigenvalue weighted by molar-refractivity contribution is 7.99. The Bertz CT molecular complexity index is 871. The van der Waals surface area contributed by atoms with Crippen molar-refractivity contribution in [2.75, 3.05) is 7.11 Å². The Kier molecular flexibility index (Phi) is 4.77. The van der Waals surface area contributed by atoms with E-state index in [-0.39, 0.29) is 0 Å². The lowest BCUT2D eigenvalue weighted by Crippen LogP contribution is -2.01. The maximum Gasteiger partial charge on any atom is 0.337 e. The zero-order valence-corrected chi connectivity index (χ0v) is 13.6. The summed E-state index contributed by atoms with van der Waals surface area (Å²) in [7, 11) is 1.35. The van der Waals surface area contributed by atoms with E-state index < -0.39 is 5.97 Å². The molecule has 0 bridgehead atoms. The zero-order chi connectivity index (χ0) is 16.9. The average molecular weight is 339 g/mol. The summed E-state index contributed by atoms with van der Waals surface area (Å²) in [5, 5.41) is 0.701. The second-order valence-electron chi connectivity index (χ2n) is 4.82. The quantitative estimate of drug-likeness (QED) is 0.515. The molecule has 0 spiro atoms. The fourth-order valence-electron chi connectivity index (χ4n) is 2.09. The third-order valence-corrected chi connectivity index (χ3v) is 4.20. The van der Waals surface area contributed by atoms with E-state index in [9.17, 15) is 9.59 Å². The number of nitrogens with zero attached hydrogens (tertiary/aromatic N) is 1. The largest absolute Gasteiger partial charge is 0.465 e. The minimum atomic E-state index is -0.390. The summed E-state index contributed by atoms with van der Waals surface area (Å²) in [6.45, 7) is 0. The molecule has 0 unspecified atom stereocenters. The van der Waals surface area contributed by atoms with Crippen LogP contribution in [0.15, 0.2) is 69.1 Å². The van der Waals surface area contributed by atoms with Gasteiger partial charge < -0.3 is 9.15 Å². The van der Waals surface area contributed by atoms with Gasteiger partial charge in [0.15, 0.2) is 12.0 Å². The van der Waals surface area contributed by atoms with Crippen LogP contribution in [0, 0.1) is 0 Å². The number of rotatable bonds is 5. The third-order valence-electron chi connectivity index (χ3n) is 3.26. The van der Waals surface area contributed by atoms with Gasteiger partial charge in [-0.1, -0.05) is 23.9 Å². The SMILES string of the molecule is COC(=O)c1ccnc(Sc2ccc(-c3ccc(C=O)o3)cc2)c1. The molecule has 0 aliphatic heterocycles. The number of carbonyl (C=O) groups is 2. The molecule has 0 radical (unpaired) electrons. The number of aldehydes is 1. The number of furan rings is 1. The van der Waals surface area contributed by atoms with Crippen LogP contribution >= 0.6 is 11.8 Å². The highest BCUT2D eigenvalue weighted by Crippen LogP contribution is 2.29. The molecule has 5 nitrogen and oxygen atoms in total. The lowest BCUT2D eigenvalue weighted by Gasteiger charge is -2.04. The molecule has 0 saturated heterocycles. The van der Waals surface area contributed by atoms with E-state index in [0.29, 0.717) is 28.4 Å². The van der Waals surface area contributed by atoms with E-state index in [1.807, 2.05) is 24.3 Å². The van der Waals surface area contributed by atoms with Gasteiger partial charge in [-0.25, -0.2) is 9.78 Å². The van der Waals surface area contributed by atoms with Gasteiger partial charge >= 0.3 is 5.97 Å². The molecule has 0 amide bonds. The van der Waals surface area contributed by atoms with Crippen LogP contribution in [-0.4, -0.2) is 24.3 Å². The van der Waals surface area contributed by atoms with Crippen molar-refractivity contribution in [3.8, 4) is 11.3 Å². The molecular weight excluding hydrogens is 326 g/mol. The van der Waals surface area contributed by atoms with E-state index in [4.69, 9.17) is 9.15 Å². The summed E-state index contributed by atoms with van der Waals surface area (Å²) in [4.78, 5) is 27.4. The monoisotopic (exact) mass is 339 g/mol. The molecule has 2 heterocycles. The molecule has 1 aromatic carbocycles. The number of esters is 1. The Morgan fingerprint density at radius 2 is 1.96 bits per heavy atom. The predicted octanol–water partition coefficient (Wildman–Crippen LogP) is 4.09. The fraction of sp³-hybridized carbons (Fsp3) is 0.0556. The topological polar surface area (TPSA) is 69.4 Å². The van der Waals surface area contributed by atoms with E-state index in [1.165, 1.54) is 18.9 Å². The second-order valence-corrected chi connectivity index (χ2v) is 5.91. The molecule has 0 saturated carbocycles. The van der Waals surface area contributed by atoms with Gasteiger partial charge in [0.05, 0.1) is 12.7 Å². The first-order chi connectivity index (χ1) is 11.7. The summed E-state index contributed by atoms with van der Waals surface area (Å²) in [5.41, 5.74) is 1.34. The van der Waals surface area contributed by atoms with E-state index in [2.05, 4.69) is 4.98 Å². The molecule has 0 aliphatic rings. The molecule has 0 aliphatic carbocycles. The molecule has 0 N–H and O–H groups in total. The molecule has 120 valence electrons. The molecule has 3 rings (SSSR count). The van der Waals surface area contributed by atoms with Crippen LogP contribution in [0.1, 0.15) is 20.9 Å². The Morgan fingerprint density at radius 1 is 1.17 bits per heavy atom. The van der Waals surface area contributed by atoms with Crippen LogP contribution in [-0.2, 0) is 4.74 Å². The lowest BCUT2D eigenvalue weighted by atomic mass is 10.2. The van der Waals surface area contributed by atoms with Gasteiger partial charge in [0, 0.05) is 16.7 Å². The smallest absolute Gasteiger partial charge is 0.337 e. The second kappa shape index (κ2) is 7.14. The molecule has 6 heteroatoms. The average Bonchev–Trinajstić information content (AvgIpc) is 3.11. The molecule has 24 heavy (non-hydrogen) atoms.